The van der Waals surface area contributed by atoms with E-state index in [1.807, 2.05) is 12.3 Å². The molecule has 35 heavy (non-hydrogen) atoms. The van der Waals surface area contributed by atoms with Crippen LogP contribution in [-0.4, -0.2) is 82.4 Å². The molecule has 3 fully saturated rings. The molecule has 0 aromatic carbocycles. The third-order valence-electron chi connectivity index (χ3n) is 5.47. The molecule has 3 atom stereocenters. The smallest absolute Gasteiger partial charge is 0.475 e. The van der Waals surface area contributed by atoms with Crippen LogP contribution in [0, 0.1) is 5.92 Å². The van der Waals surface area contributed by atoms with E-state index in [2.05, 4.69) is 22.0 Å². The molecule has 2 aliphatic carbocycles. The summed E-state index contributed by atoms with van der Waals surface area (Å²) in [7, 11) is 0. The molecule has 0 bridgehead atoms. The second-order valence-electron chi connectivity index (χ2n) is 8.19. The quantitative estimate of drug-likeness (QED) is 0.573. The van der Waals surface area contributed by atoms with Gasteiger partial charge in [0, 0.05) is 31.9 Å². The van der Waals surface area contributed by atoms with Gasteiger partial charge in [-0.1, -0.05) is 6.07 Å². The van der Waals surface area contributed by atoms with E-state index < -0.39 is 24.3 Å². The van der Waals surface area contributed by atoms with Gasteiger partial charge in [0.05, 0.1) is 24.5 Å². The van der Waals surface area contributed by atoms with Gasteiger partial charge >= 0.3 is 24.3 Å². The molecule has 4 rings (SSSR count). The summed E-state index contributed by atoms with van der Waals surface area (Å²) in [5.41, 5.74) is 1.15. The average Bonchev–Trinajstić information content (AvgIpc) is 3.51. The first kappa shape index (κ1) is 28.8. The molecule has 14 heteroatoms. The molecule has 0 amide bonds. The van der Waals surface area contributed by atoms with Gasteiger partial charge in [-0.05, 0) is 43.7 Å². The molecule has 1 saturated heterocycles. The van der Waals surface area contributed by atoms with Gasteiger partial charge in [0.25, 0.3) is 0 Å². The normalized spacial score (nSPS) is 24.3. The van der Waals surface area contributed by atoms with Gasteiger partial charge in [0.1, 0.15) is 0 Å². The second-order valence-corrected chi connectivity index (χ2v) is 8.19. The molecular formula is C21H26F6N2O6. The molecule has 0 radical (unpaired) electrons. The van der Waals surface area contributed by atoms with Crippen LogP contribution in [0.15, 0.2) is 24.4 Å². The standard InChI is InChI=1S/C17H24N2O2.2C2HF3O2/c1-2-8-18-14(3-1)11-19-9-10-20-17-15(19)6-7-16(17)21-12-13-4-5-13;2*3-2(4,5)1(6)7/h1-3,8,13,15-17H,4-7,9-12H2;2*(H,6,7)/t15-,16+,17+;;/m0../s1. The Bertz CT molecular complexity index is 795. The minimum absolute atomic E-state index is 0.265. The molecule has 1 aliphatic heterocycles. The summed E-state index contributed by atoms with van der Waals surface area (Å²) < 4.78 is 75.6. The lowest BCUT2D eigenvalue weighted by Gasteiger charge is -2.38. The summed E-state index contributed by atoms with van der Waals surface area (Å²) in [5.74, 6) is -4.68. The van der Waals surface area contributed by atoms with E-state index >= 15 is 0 Å². The number of aromatic nitrogens is 1. The van der Waals surface area contributed by atoms with Crippen molar-refractivity contribution in [3.63, 3.8) is 0 Å². The Balaban J connectivity index is 0.000000257. The van der Waals surface area contributed by atoms with Crippen molar-refractivity contribution in [3.8, 4) is 0 Å². The van der Waals surface area contributed by atoms with Gasteiger partial charge in [0.2, 0.25) is 0 Å². The summed E-state index contributed by atoms with van der Waals surface area (Å²) in [4.78, 5) is 24.8. The van der Waals surface area contributed by atoms with Crippen molar-refractivity contribution in [1.82, 2.24) is 9.88 Å². The van der Waals surface area contributed by atoms with Gasteiger partial charge in [-0.3, -0.25) is 9.88 Å². The van der Waals surface area contributed by atoms with E-state index in [1.54, 1.807) is 0 Å². The number of carboxylic acid groups (broad SMARTS) is 2. The SMILES string of the molecule is O=C(O)C(F)(F)F.O=C(O)C(F)(F)F.c1ccc(CN2CCO[C@H]3[C@H](OCC4CC4)CC[C@@H]32)nc1. The molecule has 1 aromatic heterocycles. The van der Waals surface area contributed by atoms with Crippen LogP contribution in [0.2, 0.25) is 0 Å². The summed E-state index contributed by atoms with van der Waals surface area (Å²) in [6, 6.07) is 6.66. The van der Waals surface area contributed by atoms with Crippen molar-refractivity contribution in [1.29, 1.82) is 0 Å². The van der Waals surface area contributed by atoms with Gasteiger partial charge in [-0.25, -0.2) is 9.59 Å². The molecule has 2 N–H and O–H groups in total. The number of hydrogen-bond acceptors (Lipinski definition) is 6. The number of halogens is 6. The Labute approximate surface area is 196 Å². The summed E-state index contributed by atoms with van der Waals surface area (Å²) in [5, 5.41) is 14.2. The van der Waals surface area contributed by atoms with Crippen LogP contribution in [0.25, 0.3) is 0 Å². The predicted molar refractivity (Wildman–Crippen MR) is 107 cm³/mol. The van der Waals surface area contributed by atoms with Crippen molar-refractivity contribution in [3.05, 3.63) is 30.1 Å². The molecular weight excluding hydrogens is 490 g/mol. The number of aliphatic carboxylic acids is 2. The number of carboxylic acids is 2. The molecule has 198 valence electrons. The van der Waals surface area contributed by atoms with Gasteiger partial charge in [-0.2, -0.15) is 26.3 Å². The first-order valence-corrected chi connectivity index (χ1v) is 10.8. The zero-order valence-corrected chi connectivity index (χ0v) is 18.5. The largest absolute Gasteiger partial charge is 0.490 e. The molecule has 2 saturated carbocycles. The van der Waals surface area contributed by atoms with Crippen LogP contribution in [-0.2, 0) is 25.6 Å². The number of pyridine rings is 1. The molecule has 0 spiro atoms. The highest BCUT2D eigenvalue weighted by molar-refractivity contribution is 5.73. The number of fused-ring (bicyclic) bond motifs is 1. The van der Waals surface area contributed by atoms with Crippen molar-refractivity contribution < 1.29 is 55.6 Å². The number of rotatable bonds is 5. The van der Waals surface area contributed by atoms with Crippen LogP contribution in [0.3, 0.4) is 0 Å². The van der Waals surface area contributed by atoms with E-state index in [4.69, 9.17) is 29.3 Å². The lowest BCUT2D eigenvalue weighted by Crippen LogP contribution is -2.51. The third-order valence-corrected chi connectivity index (χ3v) is 5.47. The summed E-state index contributed by atoms with van der Waals surface area (Å²) in [6.07, 6.45) is -2.68. The topological polar surface area (TPSA) is 109 Å². The van der Waals surface area contributed by atoms with Crippen LogP contribution in [0.1, 0.15) is 31.4 Å². The minimum Gasteiger partial charge on any atom is -0.475 e. The van der Waals surface area contributed by atoms with Crippen LogP contribution in [0.4, 0.5) is 26.3 Å². The number of nitrogens with zero attached hydrogens (tertiary/aromatic N) is 2. The maximum Gasteiger partial charge on any atom is 0.490 e. The highest BCUT2D eigenvalue weighted by Gasteiger charge is 2.44. The zero-order chi connectivity index (χ0) is 26.2. The van der Waals surface area contributed by atoms with Crippen molar-refractivity contribution in [2.75, 3.05) is 19.8 Å². The minimum atomic E-state index is -5.08. The second kappa shape index (κ2) is 12.5. The lowest BCUT2D eigenvalue weighted by atomic mass is 10.1. The Morgan fingerprint density at radius 2 is 1.63 bits per heavy atom. The Hall–Kier alpha value is -2.45. The molecule has 3 aliphatic rings. The molecule has 1 aromatic rings. The van der Waals surface area contributed by atoms with Crippen LogP contribution in [0.5, 0.6) is 0 Å². The van der Waals surface area contributed by atoms with E-state index in [0.29, 0.717) is 12.1 Å². The Kier molecular flexibility index (Phi) is 10.3. The summed E-state index contributed by atoms with van der Waals surface area (Å²) >= 11 is 0. The molecule has 0 unspecified atom stereocenters. The van der Waals surface area contributed by atoms with Gasteiger partial charge in [0.15, 0.2) is 0 Å². The first-order chi connectivity index (χ1) is 16.3. The highest BCUT2D eigenvalue weighted by atomic mass is 19.4. The Morgan fingerprint density at radius 3 is 2.11 bits per heavy atom. The third kappa shape index (κ3) is 9.98. The number of ether oxygens (including phenoxy) is 2. The van der Waals surface area contributed by atoms with Crippen molar-refractivity contribution in [2.24, 2.45) is 5.92 Å². The van der Waals surface area contributed by atoms with Gasteiger partial charge < -0.3 is 19.7 Å². The number of morpholine rings is 1. The van der Waals surface area contributed by atoms with E-state index in [-0.39, 0.29) is 6.10 Å². The highest BCUT2D eigenvalue weighted by Crippen LogP contribution is 2.35. The first-order valence-electron chi connectivity index (χ1n) is 10.8. The maximum atomic E-state index is 10.6. The fourth-order valence-electron chi connectivity index (χ4n) is 3.61. The van der Waals surface area contributed by atoms with E-state index in [1.165, 1.54) is 19.3 Å². The summed E-state index contributed by atoms with van der Waals surface area (Å²) in [6.45, 7) is 3.70. The van der Waals surface area contributed by atoms with Gasteiger partial charge in [-0.15, -0.1) is 0 Å². The van der Waals surface area contributed by atoms with Crippen molar-refractivity contribution in [2.45, 2.75) is 62.8 Å². The van der Waals surface area contributed by atoms with E-state index in [9.17, 15) is 26.3 Å². The fraction of sp³-hybridized carbons (Fsp3) is 0.667. The predicted octanol–water partition coefficient (Wildman–Crippen LogP) is 3.51. The molecule has 2 heterocycles. The number of carbonyl (C=O) groups is 2. The van der Waals surface area contributed by atoms with E-state index in [0.717, 1.165) is 44.3 Å². The Morgan fingerprint density at radius 1 is 1.03 bits per heavy atom. The monoisotopic (exact) mass is 516 g/mol. The average molecular weight is 516 g/mol. The number of hydrogen-bond donors (Lipinski definition) is 2. The van der Waals surface area contributed by atoms with Crippen molar-refractivity contribution >= 4 is 11.9 Å². The van der Waals surface area contributed by atoms with Crippen LogP contribution >= 0.6 is 0 Å². The lowest BCUT2D eigenvalue weighted by molar-refractivity contribution is -0.193. The maximum absolute atomic E-state index is 10.6. The number of alkyl halides is 6. The zero-order valence-electron chi connectivity index (χ0n) is 18.5. The molecule has 8 nitrogen and oxygen atoms in total. The fourth-order valence-corrected chi connectivity index (χ4v) is 3.61. The van der Waals surface area contributed by atoms with Crippen LogP contribution < -0.4 is 0 Å².